The van der Waals surface area contributed by atoms with Gasteiger partial charge in [0, 0.05) is 0 Å². The smallest absolute Gasteiger partial charge is 0.113 e. The number of hydrogen-bond donors (Lipinski definition) is 1. The Hall–Kier alpha value is -0.263. The van der Waals surface area contributed by atoms with Gasteiger partial charge in [-0.1, -0.05) is 19.6 Å². The van der Waals surface area contributed by atoms with Crippen LogP contribution in [0, 0.1) is 12.3 Å². The maximum Gasteiger partial charge on any atom is 0.113 e. The van der Waals surface area contributed by atoms with Crippen molar-refractivity contribution in [2.24, 2.45) is 5.40 Å². The average molecular weight is 129 g/mol. The van der Waals surface area contributed by atoms with Gasteiger partial charge in [-0.15, -0.1) is 12.3 Å². The van der Waals surface area contributed by atoms with Crippen LogP contribution in [-0.2, 0) is 0 Å². The second kappa shape index (κ2) is 4.89. The molecule has 0 fully saturated rings. The van der Waals surface area contributed by atoms with Crippen molar-refractivity contribution >= 4 is 8.24 Å². The summed E-state index contributed by atoms with van der Waals surface area (Å²) in [4.78, 5) is 0. The molecule has 0 aromatic carbocycles. The second-order valence-electron chi connectivity index (χ2n) is 2.65. The van der Waals surface area contributed by atoms with Crippen LogP contribution in [0.5, 0.6) is 0 Å². The Labute approximate surface area is 53.4 Å². The first-order chi connectivity index (χ1) is 3.41. The molecule has 0 aliphatic carbocycles. The lowest BCUT2D eigenvalue weighted by molar-refractivity contribution is 1.58. The van der Waals surface area contributed by atoms with E-state index in [-0.39, 0.29) is 0 Å². The van der Waals surface area contributed by atoms with Crippen LogP contribution >= 0.6 is 0 Å². The summed E-state index contributed by atoms with van der Waals surface area (Å²) in [6.07, 6.45) is 4.60. The Morgan fingerprint density at radius 3 is 1.38 bits per heavy atom. The fourth-order valence-corrected chi connectivity index (χ4v) is 0. The van der Waals surface area contributed by atoms with Crippen LogP contribution in [0.15, 0.2) is 0 Å². The van der Waals surface area contributed by atoms with E-state index < -0.39 is 8.24 Å². The highest BCUT2D eigenvalue weighted by molar-refractivity contribution is 6.72. The van der Waals surface area contributed by atoms with Gasteiger partial charge in [-0.3, -0.25) is 0 Å². The van der Waals surface area contributed by atoms with E-state index in [9.17, 15) is 0 Å². The van der Waals surface area contributed by atoms with E-state index in [1.54, 1.807) is 6.92 Å². The maximum absolute atomic E-state index is 5.49. The van der Waals surface area contributed by atoms with Gasteiger partial charge >= 0.3 is 0 Å². The first-order valence-corrected chi connectivity index (χ1v) is 6.15. The van der Waals surface area contributed by atoms with Crippen molar-refractivity contribution < 1.29 is 0 Å². The van der Waals surface area contributed by atoms with E-state index in [0.717, 1.165) is 0 Å². The molecule has 0 unspecified atom stereocenters. The SMILES string of the molecule is C#CC.C[Si](C)(C)N. The van der Waals surface area contributed by atoms with E-state index in [2.05, 4.69) is 32.0 Å². The van der Waals surface area contributed by atoms with Gasteiger partial charge in [-0.25, -0.2) is 0 Å². The van der Waals surface area contributed by atoms with E-state index >= 15 is 0 Å². The molecule has 2 N–H and O–H groups in total. The zero-order chi connectivity index (χ0) is 7.21. The quantitative estimate of drug-likeness (QED) is 0.388. The lowest BCUT2D eigenvalue weighted by atomic mass is 10.9. The Morgan fingerprint density at radius 2 is 1.38 bits per heavy atom. The lowest BCUT2D eigenvalue weighted by Crippen LogP contribution is -2.32. The molecular weight excluding hydrogens is 114 g/mol. The number of hydrogen-bond acceptors (Lipinski definition) is 1. The number of terminal acetylenes is 1. The van der Waals surface area contributed by atoms with Gasteiger partial charge in [0.15, 0.2) is 0 Å². The van der Waals surface area contributed by atoms with Gasteiger partial charge in [0.2, 0.25) is 0 Å². The van der Waals surface area contributed by atoms with Crippen molar-refractivity contribution in [3.8, 4) is 12.3 Å². The molecule has 0 amide bonds. The Balaban J connectivity index is 0. The molecular formula is C6H15NSi. The third kappa shape index (κ3) is 1860. The summed E-state index contributed by atoms with van der Waals surface area (Å²) in [5.74, 6) is 2.25. The summed E-state index contributed by atoms with van der Waals surface area (Å²) in [7, 11) is -1.11. The van der Waals surface area contributed by atoms with Crippen molar-refractivity contribution in [3.05, 3.63) is 0 Å². The van der Waals surface area contributed by atoms with Gasteiger partial charge in [0.25, 0.3) is 0 Å². The molecule has 0 bridgehead atoms. The summed E-state index contributed by atoms with van der Waals surface area (Å²) in [5, 5.41) is 5.49. The van der Waals surface area contributed by atoms with E-state index in [1.807, 2.05) is 0 Å². The molecule has 1 nitrogen and oxygen atoms in total. The van der Waals surface area contributed by atoms with E-state index in [1.165, 1.54) is 0 Å². The summed E-state index contributed by atoms with van der Waals surface area (Å²) in [6.45, 7) is 7.97. The van der Waals surface area contributed by atoms with Crippen LogP contribution in [0.25, 0.3) is 0 Å². The molecule has 0 atom stereocenters. The normalized spacial score (nSPS) is 8.50. The standard InChI is InChI=1S/C3H11NSi.C3H4/c1-5(2,3)4;1-3-2/h4H2,1-3H3;1H,2H3. The second-order valence-corrected chi connectivity index (χ2v) is 7.39. The predicted octanol–water partition coefficient (Wildman–Crippen LogP) is 1.42. The van der Waals surface area contributed by atoms with Crippen LogP contribution in [0.1, 0.15) is 6.92 Å². The Morgan fingerprint density at radius 1 is 1.38 bits per heavy atom. The van der Waals surface area contributed by atoms with Crippen LogP contribution < -0.4 is 5.40 Å². The molecule has 0 radical (unpaired) electrons. The fraction of sp³-hybridized carbons (Fsp3) is 0.667. The number of rotatable bonds is 0. The van der Waals surface area contributed by atoms with Crippen LogP contribution in [-0.4, -0.2) is 8.24 Å². The van der Waals surface area contributed by atoms with Gasteiger partial charge in [-0.05, 0) is 6.92 Å². The largest absolute Gasteiger partial charge is 0.351 e. The minimum absolute atomic E-state index is 1.11. The molecule has 0 rings (SSSR count). The highest BCUT2D eigenvalue weighted by Crippen LogP contribution is 1.83. The number of nitrogens with two attached hydrogens (primary N) is 1. The van der Waals surface area contributed by atoms with Gasteiger partial charge in [0.1, 0.15) is 8.24 Å². The van der Waals surface area contributed by atoms with Crippen LogP contribution in [0.4, 0.5) is 0 Å². The molecule has 48 valence electrons. The van der Waals surface area contributed by atoms with Gasteiger partial charge in [-0.2, -0.15) is 0 Å². The van der Waals surface area contributed by atoms with E-state index in [4.69, 9.17) is 5.40 Å². The predicted molar refractivity (Wildman–Crippen MR) is 42.0 cm³/mol. The molecule has 0 heterocycles. The zero-order valence-corrected chi connectivity index (χ0v) is 7.15. The fourth-order valence-electron chi connectivity index (χ4n) is 0. The highest BCUT2D eigenvalue weighted by Gasteiger charge is 2.00. The van der Waals surface area contributed by atoms with Crippen LogP contribution in [0.3, 0.4) is 0 Å². The first-order valence-electron chi connectivity index (χ1n) is 2.58. The molecule has 0 aromatic rings. The van der Waals surface area contributed by atoms with Crippen molar-refractivity contribution in [1.29, 1.82) is 0 Å². The average Bonchev–Trinajstić information content (AvgIpc) is 1.27. The van der Waals surface area contributed by atoms with Crippen molar-refractivity contribution in [2.45, 2.75) is 26.6 Å². The third-order valence-corrected chi connectivity index (χ3v) is 0. The Bertz CT molecular complexity index is 69.5. The molecule has 0 saturated heterocycles. The molecule has 2 heteroatoms. The molecule has 0 saturated carbocycles. The third-order valence-electron chi connectivity index (χ3n) is 0. The van der Waals surface area contributed by atoms with Crippen molar-refractivity contribution in [1.82, 2.24) is 0 Å². The summed E-state index contributed by atoms with van der Waals surface area (Å²) in [5.41, 5.74) is 0. The topological polar surface area (TPSA) is 26.0 Å². The van der Waals surface area contributed by atoms with Crippen molar-refractivity contribution in [2.75, 3.05) is 0 Å². The van der Waals surface area contributed by atoms with Gasteiger partial charge in [0.05, 0.1) is 0 Å². The summed E-state index contributed by atoms with van der Waals surface area (Å²) < 4.78 is 0. The van der Waals surface area contributed by atoms with Crippen molar-refractivity contribution in [3.63, 3.8) is 0 Å². The molecule has 0 aliphatic rings. The van der Waals surface area contributed by atoms with E-state index in [0.29, 0.717) is 0 Å². The summed E-state index contributed by atoms with van der Waals surface area (Å²) in [6, 6.07) is 0. The molecule has 0 spiro atoms. The minimum atomic E-state index is -1.11. The summed E-state index contributed by atoms with van der Waals surface area (Å²) >= 11 is 0. The maximum atomic E-state index is 5.49. The highest BCUT2D eigenvalue weighted by atomic mass is 28.3. The minimum Gasteiger partial charge on any atom is -0.351 e. The zero-order valence-electron chi connectivity index (χ0n) is 6.15. The first kappa shape index (κ1) is 10.7. The van der Waals surface area contributed by atoms with Crippen LogP contribution in [0.2, 0.25) is 19.6 Å². The molecule has 0 aromatic heterocycles. The molecule has 8 heavy (non-hydrogen) atoms. The van der Waals surface area contributed by atoms with Gasteiger partial charge < -0.3 is 5.40 Å². The monoisotopic (exact) mass is 129 g/mol. The lowest BCUT2D eigenvalue weighted by Gasteiger charge is -2.02. The molecule has 0 aliphatic heterocycles. The Kier molecular flexibility index (Phi) is 6.52.